The molecule has 0 saturated carbocycles. The molecule has 1 aromatic heterocycles. The third kappa shape index (κ3) is 1.99. The summed E-state index contributed by atoms with van der Waals surface area (Å²) in [6.07, 6.45) is 0.913. The van der Waals surface area contributed by atoms with Crippen LogP contribution < -0.4 is 4.90 Å². The summed E-state index contributed by atoms with van der Waals surface area (Å²) >= 11 is 3.36. The molecular formula is C13H11BrFN3. The zero-order valence-electron chi connectivity index (χ0n) is 9.82. The molecule has 2 aromatic rings. The van der Waals surface area contributed by atoms with Crippen LogP contribution in [0.4, 0.5) is 15.9 Å². The van der Waals surface area contributed by atoms with E-state index in [1.54, 1.807) is 6.07 Å². The summed E-state index contributed by atoms with van der Waals surface area (Å²) in [5.74, 6) is 1.29. The van der Waals surface area contributed by atoms with E-state index in [0.717, 1.165) is 34.6 Å². The summed E-state index contributed by atoms with van der Waals surface area (Å²) in [7, 11) is 0. The van der Waals surface area contributed by atoms with Crippen LogP contribution in [0.5, 0.6) is 0 Å². The molecule has 0 fully saturated rings. The third-order valence-corrected chi connectivity index (χ3v) is 3.42. The number of benzene rings is 1. The summed E-state index contributed by atoms with van der Waals surface area (Å²) in [5, 5.41) is 0. The van der Waals surface area contributed by atoms with Crippen LogP contribution in [0.3, 0.4) is 0 Å². The van der Waals surface area contributed by atoms with E-state index in [4.69, 9.17) is 0 Å². The van der Waals surface area contributed by atoms with Crippen LogP contribution in [0, 0.1) is 12.7 Å². The lowest BCUT2D eigenvalue weighted by atomic mass is 10.2. The molecule has 5 heteroatoms. The van der Waals surface area contributed by atoms with Gasteiger partial charge in [0.2, 0.25) is 0 Å². The highest BCUT2D eigenvalue weighted by Crippen LogP contribution is 2.34. The van der Waals surface area contributed by atoms with Crippen molar-refractivity contribution in [2.24, 2.45) is 0 Å². The van der Waals surface area contributed by atoms with Crippen LogP contribution in [0.1, 0.15) is 11.4 Å². The first-order chi connectivity index (χ1) is 8.63. The van der Waals surface area contributed by atoms with Crippen LogP contribution in [0.2, 0.25) is 0 Å². The maximum Gasteiger partial charge on any atom is 0.137 e. The fourth-order valence-corrected chi connectivity index (χ4v) is 2.71. The van der Waals surface area contributed by atoms with Crippen molar-refractivity contribution in [2.75, 3.05) is 11.4 Å². The van der Waals surface area contributed by atoms with E-state index in [2.05, 4.69) is 25.9 Å². The molecule has 0 bridgehead atoms. The molecule has 18 heavy (non-hydrogen) atoms. The minimum absolute atomic E-state index is 0.217. The summed E-state index contributed by atoms with van der Waals surface area (Å²) in [6.45, 7) is 2.67. The van der Waals surface area contributed by atoms with Gasteiger partial charge < -0.3 is 4.90 Å². The predicted octanol–water partition coefficient (Wildman–Crippen LogP) is 3.38. The van der Waals surface area contributed by atoms with Crippen LogP contribution in [0.25, 0.3) is 0 Å². The molecule has 0 N–H and O–H groups in total. The Morgan fingerprint density at radius 2 is 2.11 bits per heavy atom. The number of anilines is 2. The molecule has 2 heterocycles. The molecule has 0 atom stereocenters. The smallest absolute Gasteiger partial charge is 0.137 e. The van der Waals surface area contributed by atoms with Gasteiger partial charge in [0, 0.05) is 18.3 Å². The van der Waals surface area contributed by atoms with Gasteiger partial charge in [0.15, 0.2) is 0 Å². The molecule has 3 rings (SSSR count). The van der Waals surface area contributed by atoms with E-state index in [1.165, 1.54) is 6.07 Å². The monoisotopic (exact) mass is 307 g/mol. The second-order valence-corrected chi connectivity index (χ2v) is 5.08. The molecule has 0 aliphatic carbocycles. The highest BCUT2D eigenvalue weighted by atomic mass is 79.9. The lowest BCUT2D eigenvalue weighted by Gasteiger charge is -2.18. The molecule has 1 aromatic carbocycles. The number of rotatable bonds is 1. The first kappa shape index (κ1) is 11.6. The second-order valence-electron chi connectivity index (χ2n) is 4.27. The molecule has 0 amide bonds. The van der Waals surface area contributed by atoms with Crippen molar-refractivity contribution in [1.29, 1.82) is 0 Å². The zero-order valence-corrected chi connectivity index (χ0v) is 11.4. The largest absolute Gasteiger partial charge is 0.326 e. The average molecular weight is 308 g/mol. The van der Waals surface area contributed by atoms with Crippen molar-refractivity contribution in [3.05, 3.63) is 46.1 Å². The number of hydrogen-bond acceptors (Lipinski definition) is 3. The van der Waals surface area contributed by atoms with Gasteiger partial charge in [0.05, 0.1) is 0 Å². The quantitative estimate of drug-likeness (QED) is 0.756. The Hall–Kier alpha value is -1.49. The fraction of sp³-hybridized carbons (Fsp3) is 0.231. The molecule has 0 radical (unpaired) electrons. The highest BCUT2D eigenvalue weighted by molar-refractivity contribution is 9.10. The van der Waals surface area contributed by atoms with E-state index >= 15 is 0 Å². The van der Waals surface area contributed by atoms with E-state index in [1.807, 2.05) is 24.0 Å². The van der Waals surface area contributed by atoms with Crippen LogP contribution in [-0.2, 0) is 6.42 Å². The molecule has 0 unspecified atom stereocenters. The fourth-order valence-electron chi connectivity index (χ4n) is 2.25. The van der Waals surface area contributed by atoms with E-state index in [0.29, 0.717) is 5.82 Å². The normalized spacial score (nSPS) is 13.8. The summed E-state index contributed by atoms with van der Waals surface area (Å²) in [5.41, 5.74) is 2.06. The van der Waals surface area contributed by atoms with Gasteiger partial charge in [-0.05, 0) is 47.0 Å². The van der Waals surface area contributed by atoms with Crippen molar-refractivity contribution in [3.8, 4) is 0 Å². The van der Waals surface area contributed by atoms with Crippen LogP contribution >= 0.6 is 15.9 Å². The summed E-state index contributed by atoms with van der Waals surface area (Å²) in [4.78, 5) is 10.6. The van der Waals surface area contributed by atoms with Gasteiger partial charge >= 0.3 is 0 Å². The lowest BCUT2D eigenvalue weighted by Crippen LogP contribution is -2.15. The molecule has 1 aliphatic heterocycles. The molecule has 0 saturated heterocycles. The van der Waals surface area contributed by atoms with Gasteiger partial charge in [0.1, 0.15) is 22.1 Å². The minimum atomic E-state index is -0.217. The van der Waals surface area contributed by atoms with Crippen LogP contribution in [0.15, 0.2) is 28.9 Å². The maximum atomic E-state index is 13.3. The Labute approximate surface area is 113 Å². The number of halogens is 2. The zero-order chi connectivity index (χ0) is 12.7. The molecular weight excluding hydrogens is 297 g/mol. The number of hydrogen-bond donors (Lipinski definition) is 0. The minimum Gasteiger partial charge on any atom is -0.326 e. The lowest BCUT2D eigenvalue weighted by molar-refractivity contribution is 0.628. The van der Waals surface area contributed by atoms with Crippen molar-refractivity contribution < 1.29 is 4.39 Å². The first-order valence-electron chi connectivity index (χ1n) is 5.70. The van der Waals surface area contributed by atoms with Gasteiger partial charge in [-0.3, -0.25) is 0 Å². The topological polar surface area (TPSA) is 29.0 Å². The van der Waals surface area contributed by atoms with E-state index in [-0.39, 0.29) is 5.82 Å². The number of nitrogens with zero attached hydrogens (tertiary/aromatic N) is 3. The van der Waals surface area contributed by atoms with Gasteiger partial charge in [-0.25, -0.2) is 14.4 Å². The van der Waals surface area contributed by atoms with Crippen molar-refractivity contribution in [3.63, 3.8) is 0 Å². The van der Waals surface area contributed by atoms with Crippen molar-refractivity contribution in [1.82, 2.24) is 9.97 Å². The van der Waals surface area contributed by atoms with Crippen molar-refractivity contribution in [2.45, 2.75) is 13.3 Å². The Bertz CT molecular complexity index is 595. The third-order valence-electron chi connectivity index (χ3n) is 3.01. The Morgan fingerprint density at radius 1 is 1.28 bits per heavy atom. The summed E-state index contributed by atoms with van der Waals surface area (Å²) in [6, 6.07) is 6.76. The first-order valence-corrected chi connectivity index (χ1v) is 6.50. The number of fused-ring (bicyclic) bond motifs is 1. The van der Waals surface area contributed by atoms with Crippen molar-refractivity contribution >= 4 is 27.4 Å². The molecule has 92 valence electrons. The van der Waals surface area contributed by atoms with E-state index < -0.39 is 0 Å². The van der Waals surface area contributed by atoms with Gasteiger partial charge in [0.25, 0.3) is 0 Å². The Morgan fingerprint density at radius 3 is 2.89 bits per heavy atom. The van der Waals surface area contributed by atoms with E-state index in [9.17, 15) is 4.39 Å². The number of aryl methyl sites for hydroxylation is 1. The molecule has 3 nitrogen and oxygen atoms in total. The summed E-state index contributed by atoms with van der Waals surface area (Å²) < 4.78 is 14.1. The van der Waals surface area contributed by atoms with Gasteiger partial charge in [-0.2, -0.15) is 0 Å². The SMILES string of the molecule is Cc1nc(Br)cc(N2CCc3ccc(F)cc32)n1. The number of aromatic nitrogens is 2. The van der Waals surface area contributed by atoms with Crippen LogP contribution in [-0.4, -0.2) is 16.5 Å². The van der Waals surface area contributed by atoms with Gasteiger partial charge in [-0.1, -0.05) is 6.07 Å². The predicted molar refractivity (Wildman–Crippen MR) is 71.6 cm³/mol. The second kappa shape index (κ2) is 4.31. The maximum absolute atomic E-state index is 13.3. The Balaban J connectivity index is 2.08. The highest BCUT2D eigenvalue weighted by Gasteiger charge is 2.22. The standard InChI is InChI=1S/C13H11BrFN3/c1-8-16-12(14)7-13(17-8)18-5-4-9-2-3-10(15)6-11(9)18/h2-3,6-7H,4-5H2,1H3. The Kier molecular flexibility index (Phi) is 2.78. The average Bonchev–Trinajstić information content (AvgIpc) is 2.70. The molecule has 0 spiro atoms. The molecule has 1 aliphatic rings. The van der Waals surface area contributed by atoms with Gasteiger partial charge in [-0.15, -0.1) is 0 Å².